The van der Waals surface area contributed by atoms with E-state index in [1.165, 1.54) is 12.4 Å². The topological polar surface area (TPSA) is 54.9 Å². The summed E-state index contributed by atoms with van der Waals surface area (Å²) in [5.74, 6) is 0. The highest BCUT2D eigenvalue weighted by atomic mass is 35.5. The molecule has 14 heavy (non-hydrogen) atoms. The second-order valence-corrected chi connectivity index (χ2v) is 5.16. The maximum absolute atomic E-state index is 11.9. The van der Waals surface area contributed by atoms with Crippen LogP contribution >= 0.6 is 11.6 Å². The first-order chi connectivity index (χ1) is 6.77. The lowest BCUT2D eigenvalue weighted by Gasteiger charge is -2.05. The molecule has 0 spiro atoms. The third-order valence-corrected chi connectivity index (χ3v) is 3.87. The Balaban J connectivity index is 2.14. The van der Waals surface area contributed by atoms with Gasteiger partial charge in [-0.1, -0.05) is 11.6 Å². The Bertz CT molecular complexity index is 337. The zero-order chi connectivity index (χ0) is 9.97. The lowest BCUT2D eigenvalue weighted by atomic mass is 10.4. The van der Waals surface area contributed by atoms with Gasteiger partial charge in [0.2, 0.25) is 5.16 Å². The van der Waals surface area contributed by atoms with Crippen LogP contribution in [0.15, 0.2) is 17.6 Å². The van der Waals surface area contributed by atoms with Gasteiger partial charge in [-0.15, -0.1) is 0 Å². The van der Waals surface area contributed by atoms with E-state index in [-0.39, 0.29) is 5.25 Å². The van der Waals surface area contributed by atoms with E-state index in [4.69, 9.17) is 11.6 Å². The molecule has 1 fully saturated rings. The van der Waals surface area contributed by atoms with E-state index in [1.54, 1.807) is 0 Å². The van der Waals surface area contributed by atoms with Crippen molar-refractivity contribution in [1.82, 2.24) is 15.3 Å². The Hall–Kier alpha value is -0.520. The molecule has 0 aliphatic carbocycles. The standard InChI is InChI=1S/C8H10ClN3OS/c9-6-3-11-8(12-4-6)14(13)7-1-2-10-5-7/h3-4,7,10H,1-2,5H2/t7-,14?/m0/s1. The van der Waals surface area contributed by atoms with Crippen molar-refractivity contribution in [2.45, 2.75) is 16.8 Å². The van der Waals surface area contributed by atoms with Crippen molar-refractivity contribution in [1.29, 1.82) is 0 Å². The second kappa shape index (κ2) is 4.33. The molecule has 6 heteroatoms. The first-order valence-electron chi connectivity index (χ1n) is 4.36. The van der Waals surface area contributed by atoms with Crippen molar-refractivity contribution in [2.75, 3.05) is 13.1 Å². The van der Waals surface area contributed by atoms with E-state index in [0.29, 0.717) is 10.2 Å². The maximum atomic E-state index is 11.9. The smallest absolute Gasteiger partial charge is 0.218 e. The molecular formula is C8H10ClN3OS. The fourth-order valence-electron chi connectivity index (χ4n) is 1.36. The summed E-state index contributed by atoms with van der Waals surface area (Å²) in [5.41, 5.74) is 0. The molecule has 0 bridgehead atoms. The molecule has 2 rings (SSSR count). The number of nitrogens with zero attached hydrogens (tertiary/aromatic N) is 2. The maximum Gasteiger partial charge on any atom is 0.218 e. The first kappa shape index (κ1) is 10.0. The van der Waals surface area contributed by atoms with Crippen LogP contribution < -0.4 is 5.32 Å². The number of nitrogens with one attached hydrogen (secondary N) is 1. The van der Waals surface area contributed by atoms with Gasteiger partial charge in [-0.25, -0.2) is 9.97 Å². The molecule has 0 amide bonds. The first-order valence-corrected chi connectivity index (χ1v) is 5.95. The summed E-state index contributed by atoms with van der Waals surface area (Å²) in [6.07, 6.45) is 3.87. The van der Waals surface area contributed by atoms with Gasteiger partial charge in [0.1, 0.15) is 0 Å². The number of hydrogen-bond donors (Lipinski definition) is 1. The zero-order valence-corrected chi connectivity index (χ0v) is 9.01. The number of halogens is 1. The Morgan fingerprint density at radius 2 is 2.21 bits per heavy atom. The van der Waals surface area contributed by atoms with Gasteiger partial charge < -0.3 is 5.32 Å². The van der Waals surface area contributed by atoms with E-state index in [9.17, 15) is 4.21 Å². The van der Waals surface area contributed by atoms with Crippen molar-refractivity contribution < 1.29 is 4.21 Å². The Labute approximate surface area is 89.6 Å². The predicted molar refractivity (Wildman–Crippen MR) is 54.7 cm³/mol. The minimum absolute atomic E-state index is 0.135. The minimum Gasteiger partial charge on any atom is -0.315 e. The molecule has 0 saturated carbocycles. The SMILES string of the molecule is O=S(c1ncc(Cl)cn1)[C@H]1CCNC1. The van der Waals surface area contributed by atoms with Crippen LogP contribution in [0.4, 0.5) is 0 Å². The van der Waals surface area contributed by atoms with Gasteiger partial charge in [0.15, 0.2) is 0 Å². The Morgan fingerprint density at radius 3 is 2.79 bits per heavy atom. The van der Waals surface area contributed by atoms with Crippen LogP contribution in [0.25, 0.3) is 0 Å². The third-order valence-electron chi connectivity index (χ3n) is 2.09. The molecule has 1 unspecified atom stereocenters. The van der Waals surface area contributed by atoms with Crippen molar-refractivity contribution in [3.8, 4) is 0 Å². The van der Waals surface area contributed by atoms with Gasteiger partial charge in [-0.2, -0.15) is 0 Å². The van der Waals surface area contributed by atoms with E-state index in [0.717, 1.165) is 19.5 Å². The van der Waals surface area contributed by atoms with E-state index in [1.807, 2.05) is 0 Å². The van der Waals surface area contributed by atoms with Crippen molar-refractivity contribution in [3.63, 3.8) is 0 Å². The lowest BCUT2D eigenvalue weighted by molar-refractivity contribution is 0.664. The third kappa shape index (κ3) is 2.10. The molecule has 1 aromatic rings. The molecule has 0 radical (unpaired) electrons. The highest BCUT2D eigenvalue weighted by Crippen LogP contribution is 2.13. The second-order valence-electron chi connectivity index (χ2n) is 3.10. The number of aromatic nitrogens is 2. The largest absolute Gasteiger partial charge is 0.315 e. The molecule has 1 aliphatic rings. The predicted octanol–water partition coefficient (Wildman–Crippen LogP) is 0.599. The van der Waals surface area contributed by atoms with Crippen molar-refractivity contribution >= 4 is 22.4 Å². The van der Waals surface area contributed by atoms with Crippen molar-refractivity contribution in [2.24, 2.45) is 0 Å². The highest BCUT2D eigenvalue weighted by molar-refractivity contribution is 7.85. The quantitative estimate of drug-likeness (QED) is 0.758. The summed E-state index contributed by atoms with van der Waals surface area (Å²) in [5, 5.41) is 4.14. The van der Waals surface area contributed by atoms with Gasteiger partial charge in [0.25, 0.3) is 0 Å². The molecule has 2 atom stereocenters. The molecule has 1 aromatic heterocycles. The summed E-state index contributed by atoms with van der Waals surface area (Å²) in [6.45, 7) is 1.70. The Kier molecular flexibility index (Phi) is 3.10. The fourth-order valence-corrected chi connectivity index (χ4v) is 2.67. The normalized spacial score (nSPS) is 23.6. The van der Waals surface area contributed by atoms with Crippen molar-refractivity contribution in [3.05, 3.63) is 17.4 Å². The van der Waals surface area contributed by atoms with Crippen LogP contribution in [0.1, 0.15) is 6.42 Å². The summed E-state index contributed by atoms with van der Waals surface area (Å²) in [6, 6.07) is 0. The van der Waals surface area contributed by atoms with Crippen LogP contribution in [0.3, 0.4) is 0 Å². The van der Waals surface area contributed by atoms with Gasteiger partial charge in [0.05, 0.1) is 33.5 Å². The molecule has 1 N–H and O–H groups in total. The number of rotatable bonds is 2. The van der Waals surface area contributed by atoms with Gasteiger partial charge in [-0.3, -0.25) is 4.21 Å². The van der Waals surface area contributed by atoms with Gasteiger partial charge >= 0.3 is 0 Å². The summed E-state index contributed by atoms with van der Waals surface area (Å²) in [7, 11) is -1.11. The molecule has 1 saturated heterocycles. The molecule has 0 aromatic carbocycles. The molecule has 76 valence electrons. The Morgan fingerprint density at radius 1 is 1.50 bits per heavy atom. The molecule has 1 aliphatic heterocycles. The van der Waals surface area contributed by atoms with Crippen LogP contribution in [0.5, 0.6) is 0 Å². The highest BCUT2D eigenvalue weighted by Gasteiger charge is 2.23. The molecule has 4 nitrogen and oxygen atoms in total. The number of hydrogen-bond acceptors (Lipinski definition) is 4. The van der Waals surface area contributed by atoms with Crippen LogP contribution in [-0.4, -0.2) is 32.5 Å². The van der Waals surface area contributed by atoms with E-state index < -0.39 is 10.8 Å². The fraction of sp³-hybridized carbons (Fsp3) is 0.500. The average Bonchev–Trinajstić information content (AvgIpc) is 2.71. The van der Waals surface area contributed by atoms with E-state index in [2.05, 4.69) is 15.3 Å². The average molecular weight is 232 g/mol. The molecule has 2 heterocycles. The summed E-state index contributed by atoms with van der Waals surface area (Å²) >= 11 is 5.64. The minimum atomic E-state index is -1.11. The lowest BCUT2D eigenvalue weighted by Crippen LogP contribution is -2.20. The monoisotopic (exact) mass is 231 g/mol. The summed E-state index contributed by atoms with van der Waals surface area (Å²) < 4.78 is 11.9. The van der Waals surface area contributed by atoms with Gasteiger partial charge in [-0.05, 0) is 13.0 Å². The zero-order valence-electron chi connectivity index (χ0n) is 7.44. The van der Waals surface area contributed by atoms with Crippen LogP contribution in [0.2, 0.25) is 5.02 Å². The molecular weight excluding hydrogens is 222 g/mol. The van der Waals surface area contributed by atoms with Gasteiger partial charge in [0, 0.05) is 6.54 Å². The van der Waals surface area contributed by atoms with Crippen LogP contribution in [-0.2, 0) is 10.8 Å². The van der Waals surface area contributed by atoms with E-state index >= 15 is 0 Å². The summed E-state index contributed by atoms with van der Waals surface area (Å²) in [4.78, 5) is 7.90. The van der Waals surface area contributed by atoms with Crippen LogP contribution in [0, 0.1) is 0 Å².